The van der Waals surface area contributed by atoms with Crippen molar-refractivity contribution in [3.63, 3.8) is 0 Å². The average molecular weight is 159 g/mol. The molecule has 2 aliphatic rings. The molecule has 4 heteroatoms. The van der Waals surface area contributed by atoms with Gasteiger partial charge in [0.25, 0.3) is 0 Å². The number of halogens is 1. The van der Waals surface area contributed by atoms with Gasteiger partial charge in [-0.05, 0) is 25.2 Å². The molecular weight excluding hydrogens is 149 g/mol. The van der Waals surface area contributed by atoms with Gasteiger partial charge in [-0.25, -0.2) is 0 Å². The molecule has 0 N–H and O–H groups in total. The second-order valence-electron chi connectivity index (χ2n) is 3.66. The van der Waals surface area contributed by atoms with Gasteiger partial charge in [-0.2, -0.15) is 4.39 Å². The van der Waals surface area contributed by atoms with Crippen molar-refractivity contribution in [3.05, 3.63) is 10.1 Å². The van der Waals surface area contributed by atoms with Crippen molar-refractivity contribution >= 4 is 0 Å². The second-order valence-corrected chi connectivity index (χ2v) is 3.66. The molecule has 0 amide bonds. The van der Waals surface area contributed by atoms with E-state index in [1.165, 1.54) is 0 Å². The molecule has 3 nitrogen and oxygen atoms in total. The molecule has 2 fully saturated rings. The van der Waals surface area contributed by atoms with Gasteiger partial charge in [0.15, 0.2) is 0 Å². The number of rotatable bonds is 1. The number of nitrogens with zero attached hydrogens (tertiary/aromatic N) is 1. The second kappa shape index (κ2) is 1.93. The topological polar surface area (TPSA) is 43.1 Å². The zero-order valence-corrected chi connectivity index (χ0v) is 6.12. The van der Waals surface area contributed by atoms with Crippen LogP contribution in [0.25, 0.3) is 0 Å². The molecule has 0 aromatic heterocycles. The Balaban J connectivity index is 2.23. The van der Waals surface area contributed by atoms with Gasteiger partial charge in [0.2, 0.25) is 0 Å². The lowest BCUT2D eigenvalue weighted by Crippen LogP contribution is -2.38. The quantitative estimate of drug-likeness (QED) is 0.332. The minimum atomic E-state index is -2.07. The first kappa shape index (κ1) is 7.00. The predicted molar refractivity (Wildman–Crippen MR) is 36.3 cm³/mol. The van der Waals surface area contributed by atoms with Crippen LogP contribution in [0.1, 0.15) is 25.7 Å². The number of hydrogen-bond acceptors (Lipinski definition) is 2. The molecule has 0 heterocycles. The SMILES string of the molecule is O=[N+]([O-])C1(F)CC2CCC1C2. The normalized spacial score (nSPS) is 48.1. The maximum absolute atomic E-state index is 13.4. The van der Waals surface area contributed by atoms with Crippen LogP contribution in [0.4, 0.5) is 4.39 Å². The van der Waals surface area contributed by atoms with Crippen molar-refractivity contribution in [1.29, 1.82) is 0 Å². The van der Waals surface area contributed by atoms with E-state index in [2.05, 4.69) is 0 Å². The Bertz CT molecular complexity index is 209. The third-order valence-corrected chi connectivity index (χ3v) is 3.05. The Morgan fingerprint density at radius 3 is 2.55 bits per heavy atom. The predicted octanol–water partition coefficient (Wildman–Crippen LogP) is 1.75. The van der Waals surface area contributed by atoms with Gasteiger partial charge in [0.1, 0.15) is 0 Å². The number of fused-ring (bicyclic) bond motifs is 2. The summed E-state index contributed by atoms with van der Waals surface area (Å²) < 4.78 is 13.4. The van der Waals surface area contributed by atoms with Crippen LogP contribution in [0, 0.1) is 22.0 Å². The van der Waals surface area contributed by atoms with Crippen LogP contribution in [-0.4, -0.2) is 10.7 Å². The third kappa shape index (κ3) is 0.781. The van der Waals surface area contributed by atoms with Crippen molar-refractivity contribution in [2.45, 2.75) is 31.5 Å². The summed E-state index contributed by atoms with van der Waals surface area (Å²) in [6.07, 6.45) is 2.59. The van der Waals surface area contributed by atoms with Crippen LogP contribution in [0.2, 0.25) is 0 Å². The Hall–Kier alpha value is -0.670. The Morgan fingerprint density at radius 2 is 2.27 bits per heavy atom. The van der Waals surface area contributed by atoms with E-state index in [4.69, 9.17) is 0 Å². The molecule has 2 rings (SSSR count). The van der Waals surface area contributed by atoms with Crippen molar-refractivity contribution in [2.75, 3.05) is 0 Å². The zero-order valence-electron chi connectivity index (χ0n) is 6.12. The molecule has 0 spiro atoms. The maximum Gasteiger partial charge on any atom is 0.361 e. The Morgan fingerprint density at radius 1 is 1.55 bits per heavy atom. The van der Waals surface area contributed by atoms with E-state index in [1.807, 2.05) is 0 Å². The van der Waals surface area contributed by atoms with Crippen LogP contribution >= 0.6 is 0 Å². The number of alkyl halides is 1. The van der Waals surface area contributed by atoms with E-state index in [1.54, 1.807) is 0 Å². The molecule has 0 aliphatic heterocycles. The molecule has 11 heavy (non-hydrogen) atoms. The minimum Gasteiger partial charge on any atom is -0.261 e. The Kier molecular flexibility index (Phi) is 1.23. The van der Waals surface area contributed by atoms with Crippen LogP contribution in [-0.2, 0) is 0 Å². The Labute approximate surface area is 63.7 Å². The van der Waals surface area contributed by atoms with Gasteiger partial charge in [-0.15, -0.1) is 0 Å². The number of hydrogen-bond donors (Lipinski definition) is 0. The zero-order chi connectivity index (χ0) is 8.06. The lowest BCUT2D eigenvalue weighted by atomic mass is 9.93. The molecule has 2 saturated carbocycles. The third-order valence-electron chi connectivity index (χ3n) is 3.05. The lowest BCUT2D eigenvalue weighted by Gasteiger charge is -2.20. The highest BCUT2D eigenvalue weighted by atomic mass is 19.1. The van der Waals surface area contributed by atoms with Gasteiger partial charge in [0.05, 0.1) is 17.3 Å². The summed E-state index contributed by atoms with van der Waals surface area (Å²) in [5.41, 5.74) is 0. The van der Waals surface area contributed by atoms with Gasteiger partial charge in [-0.1, -0.05) is 0 Å². The van der Waals surface area contributed by atoms with Crippen LogP contribution < -0.4 is 0 Å². The lowest BCUT2D eigenvalue weighted by molar-refractivity contribution is -0.616. The van der Waals surface area contributed by atoms with Crippen LogP contribution in [0.3, 0.4) is 0 Å². The standard InChI is InChI=1S/C7H10FNO2/c8-7(9(10)11)4-5-1-2-6(7)3-5/h5-6H,1-4H2. The van der Waals surface area contributed by atoms with Crippen molar-refractivity contribution < 1.29 is 9.31 Å². The number of nitro groups is 1. The molecule has 0 saturated heterocycles. The molecule has 3 atom stereocenters. The first-order valence-corrected chi connectivity index (χ1v) is 3.96. The van der Waals surface area contributed by atoms with Crippen molar-refractivity contribution in [2.24, 2.45) is 11.8 Å². The maximum atomic E-state index is 13.4. The fourth-order valence-corrected chi connectivity index (χ4v) is 2.46. The van der Waals surface area contributed by atoms with E-state index in [9.17, 15) is 14.5 Å². The molecule has 62 valence electrons. The molecule has 0 radical (unpaired) electrons. The summed E-state index contributed by atoms with van der Waals surface area (Å²) in [4.78, 5) is 9.62. The van der Waals surface area contributed by atoms with Crippen molar-refractivity contribution in [3.8, 4) is 0 Å². The summed E-state index contributed by atoms with van der Waals surface area (Å²) >= 11 is 0. The monoisotopic (exact) mass is 159 g/mol. The summed E-state index contributed by atoms with van der Waals surface area (Å²) in [6, 6.07) is 0. The summed E-state index contributed by atoms with van der Waals surface area (Å²) in [5, 5.41) is 10.3. The smallest absolute Gasteiger partial charge is 0.261 e. The fraction of sp³-hybridized carbons (Fsp3) is 1.00. The molecule has 0 aromatic rings. The van der Waals surface area contributed by atoms with E-state index in [-0.39, 0.29) is 18.3 Å². The van der Waals surface area contributed by atoms with Gasteiger partial charge in [0, 0.05) is 0 Å². The first-order valence-electron chi connectivity index (χ1n) is 3.96. The van der Waals surface area contributed by atoms with Crippen LogP contribution in [0.5, 0.6) is 0 Å². The largest absolute Gasteiger partial charge is 0.361 e. The fourth-order valence-electron chi connectivity index (χ4n) is 2.46. The average Bonchev–Trinajstić information content (AvgIpc) is 2.45. The van der Waals surface area contributed by atoms with Gasteiger partial charge in [-0.3, -0.25) is 10.1 Å². The highest BCUT2D eigenvalue weighted by Crippen LogP contribution is 2.52. The van der Waals surface area contributed by atoms with Gasteiger partial charge < -0.3 is 0 Å². The highest BCUT2D eigenvalue weighted by Gasteiger charge is 2.61. The van der Waals surface area contributed by atoms with E-state index in [0.29, 0.717) is 6.42 Å². The molecular formula is C7H10FNO2. The molecule has 2 bridgehead atoms. The van der Waals surface area contributed by atoms with Gasteiger partial charge >= 0.3 is 5.79 Å². The molecule has 0 aromatic carbocycles. The highest BCUT2D eigenvalue weighted by molar-refractivity contribution is 4.95. The summed E-state index contributed by atoms with van der Waals surface area (Å²) in [7, 11) is 0. The van der Waals surface area contributed by atoms with Crippen LogP contribution in [0.15, 0.2) is 0 Å². The minimum absolute atomic E-state index is 0.157. The molecule has 3 unspecified atom stereocenters. The summed E-state index contributed by atoms with van der Waals surface area (Å²) in [6.45, 7) is 0. The summed E-state index contributed by atoms with van der Waals surface area (Å²) in [5.74, 6) is -2.07. The van der Waals surface area contributed by atoms with Crippen molar-refractivity contribution in [1.82, 2.24) is 0 Å². The first-order chi connectivity index (χ1) is 5.13. The van der Waals surface area contributed by atoms with E-state index in [0.717, 1.165) is 12.8 Å². The van der Waals surface area contributed by atoms with E-state index >= 15 is 0 Å². The molecule has 2 aliphatic carbocycles. The van der Waals surface area contributed by atoms with E-state index < -0.39 is 10.7 Å².